The van der Waals surface area contributed by atoms with Gasteiger partial charge >= 0.3 is 0 Å². The van der Waals surface area contributed by atoms with Gasteiger partial charge in [-0.05, 0) is 18.6 Å². The van der Waals surface area contributed by atoms with E-state index in [4.69, 9.17) is 0 Å². The largest absolute Gasteiger partial charge is 0.388 e. The Bertz CT molecular complexity index is 522. The SMILES string of the molecule is Cc1c(C(O)Cc2ccccc2Br)cnn1C. The molecule has 0 aliphatic carbocycles. The summed E-state index contributed by atoms with van der Waals surface area (Å²) in [5.74, 6) is 0. The molecule has 2 rings (SSSR count). The smallest absolute Gasteiger partial charge is 0.0863 e. The van der Waals surface area contributed by atoms with Gasteiger partial charge in [-0.15, -0.1) is 0 Å². The molecular weight excluding hydrogens is 280 g/mol. The molecular formula is C13H15BrN2O. The van der Waals surface area contributed by atoms with Crippen LogP contribution in [-0.2, 0) is 13.5 Å². The Morgan fingerprint density at radius 1 is 1.41 bits per heavy atom. The van der Waals surface area contributed by atoms with Crippen molar-refractivity contribution in [3.8, 4) is 0 Å². The fourth-order valence-electron chi connectivity index (χ4n) is 1.83. The predicted octanol–water partition coefficient (Wildman–Crippen LogP) is 2.77. The molecule has 1 aromatic heterocycles. The number of rotatable bonds is 3. The fourth-order valence-corrected chi connectivity index (χ4v) is 2.27. The maximum Gasteiger partial charge on any atom is 0.0863 e. The summed E-state index contributed by atoms with van der Waals surface area (Å²) in [5.41, 5.74) is 3.00. The van der Waals surface area contributed by atoms with Crippen LogP contribution in [0.5, 0.6) is 0 Å². The Hall–Kier alpha value is -1.13. The summed E-state index contributed by atoms with van der Waals surface area (Å²) >= 11 is 3.49. The molecule has 0 saturated carbocycles. The number of aliphatic hydroxyl groups is 1. The number of aryl methyl sites for hydroxylation is 1. The van der Waals surface area contributed by atoms with E-state index < -0.39 is 6.10 Å². The highest BCUT2D eigenvalue weighted by Crippen LogP contribution is 2.25. The minimum atomic E-state index is -0.512. The second-order valence-electron chi connectivity index (χ2n) is 4.12. The molecule has 90 valence electrons. The molecule has 0 bridgehead atoms. The third-order valence-corrected chi connectivity index (χ3v) is 3.78. The number of halogens is 1. The van der Waals surface area contributed by atoms with Crippen molar-refractivity contribution in [2.24, 2.45) is 7.05 Å². The van der Waals surface area contributed by atoms with Crippen molar-refractivity contribution < 1.29 is 5.11 Å². The van der Waals surface area contributed by atoms with E-state index in [0.717, 1.165) is 21.3 Å². The molecule has 0 aliphatic rings. The second-order valence-corrected chi connectivity index (χ2v) is 4.97. The Kier molecular flexibility index (Phi) is 3.64. The lowest BCUT2D eigenvalue weighted by molar-refractivity contribution is 0.177. The average Bonchev–Trinajstić information content (AvgIpc) is 2.63. The van der Waals surface area contributed by atoms with Crippen molar-refractivity contribution in [2.45, 2.75) is 19.4 Å². The van der Waals surface area contributed by atoms with Crippen LogP contribution in [0.4, 0.5) is 0 Å². The summed E-state index contributed by atoms with van der Waals surface area (Å²) in [7, 11) is 1.88. The van der Waals surface area contributed by atoms with Gasteiger partial charge in [0.05, 0.1) is 12.3 Å². The minimum Gasteiger partial charge on any atom is -0.388 e. The van der Waals surface area contributed by atoms with Crippen molar-refractivity contribution in [2.75, 3.05) is 0 Å². The lowest BCUT2D eigenvalue weighted by Crippen LogP contribution is -2.04. The van der Waals surface area contributed by atoms with Crippen molar-refractivity contribution in [1.29, 1.82) is 0 Å². The summed E-state index contributed by atoms with van der Waals surface area (Å²) in [6.45, 7) is 1.96. The third kappa shape index (κ3) is 2.58. The molecule has 1 heterocycles. The number of aliphatic hydroxyl groups excluding tert-OH is 1. The molecule has 1 atom stereocenters. The zero-order valence-corrected chi connectivity index (χ0v) is 11.5. The highest BCUT2D eigenvalue weighted by atomic mass is 79.9. The quantitative estimate of drug-likeness (QED) is 0.945. The van der Waals surface area contributed by atoms with Gasteiger partial charge in [0, 0.05) is 29.2 Å². The minimum absolute atomic E-state index is 0.512. The molecule has 0 fully saturated rings. The molecule has 3 nitrogen and oxygen atoms in total. The van der Waals surface area contributed by atoms with E-state index in [1.54, 1.807) is 10.9 Å². The summed E-state index contributed by atoms with van der Waals surface area (Å²) < 4.78 is 2.80. The molecule has 0 amide bonds. The Balaban J connectivity index is 2.20. The van der Waals surface area contributed by atoms with Crippen LogP contribution in [0.3, 0.4) is 0 Å². The highest BCUT2D eigenvalue weighted by Gasteiger charge is 2.15. The molecule has 1 unspecified atom stereocenters. The molecule has 1 aromatic carbocycles. The Morgan fingerprint density at radius 3 is 2.71 bits per heavy atom. The molecule has 2 aromatic rings. The van der Waals surface area contributed by atoms with Gasteiger partial charge in [0.25, 0.3) is 0 Å². The maximum atomic E-state index is 10.2. The second kappa shape index (κ2) is 5.02. The lowest BCUT2D eigenvalue weighted by Gasteiger charge is -2.11. The molecule has 4 heteroatoms. The normalized spacial score (nSPS) is 12.7. The van der Waals surface area contributed by atoms with E-state index in [-0.39, 0.29) is 0 Å². The van der Waals surface area contributed by atoms with Crippen LogP contribution in [0.1, 0.15) is 22.9 Å². The first-order valence-electron chi connectivity index (χ1n) is 5.49. The molecule has 0 saturated heterocycles. The van der Waals surface area contributed by atoms with Gasteiger partial charge in [-0.1, -0.05) is 34.1 Å². The average molecular weight is 295 g/mol. The zero-order chi connectivity index (χ0) is 12.4. The van der Waals surface area contributed by atoms with E-state index in [1.807, 2.05) is 38.2 Å². The van der Waals surface area contributed by atoms with E-state index >= 15 is 0 Å². The first kappa shape index (κ1) is 12.3. The van der Waals surface area contributed by atoms with Crippen LogP contribution in [-0.4, -0.2) is 14.9 Å². The monoisotopic (exact) mass is 294 g/mol. The van der Waals surface area contributed by atoms with E-state index in [0.29, 0.717) is 6.42 Å². The Labute approximate surface area is 109 Å². The zero-order valence-electron chi connectivity index (χ0n) is 9.89. The van der Waals surface area contributed by atoms with Gasteiger partial charge in [0.2, 0.25) is 0 Å². The number of aromatic nitrogens is 2. The van der Waals surface area contributed by atoms with Crippen LogP contribution < -0.4 is 0 Å². The number of benzene rings is 1. The van der Waals surface area contributed by atoms with E-state index in [9.17, 15) is 5.11 Å². The molecule has 0 aliphatic heterocycles. The third-order valence-electron chi connectivity index (χ3n) is 3.00. The van der Waals surface area contributed by atoms with Gasteiger partial charge in [-0.3, -0.25) is 4.68 Å². The lowest BCUT2D eigenvalue weighted by atomic mass is 10.0. The van der Waals surface area contributed by atoms with Crippen LogP contribution in [0.2, 0.25) is 0 Å². The maximum absolute atomic E-state index is 10.2. The Morgan fingerprint density at radius 2 is 2.12 bits per heavy atom. The predicted molar refractivity (Wildman–Crippen MR) is 70.8 cm³/mol. The summed E-state index contributed by atoms with van der Waals surface area (Å²) in [4.78, 5) is 0. The molecule has 1 N–H and O–H groups in total. The van der Waals surface area contributed by atoms with E-state index in [1.165, 1.54) is 0 Å². The van der Waals surface area contributed by atoms with Crippen LogP contribution >= 0.6 is 15.9 Å². The molecule has 17 heavy (non-hydrogen) atoms. The van der Waals surface area contributed by atoms with Gasteiger partial charge in [0.15, 0.2) is 0 Å². The highest BCUT2D eigenvalue weighted by molar-refractivity contribution is 9.10. The van der Waals surface area contributed by atoms with Crippen molar-refractivity contribution in [3.63, 3.8) is 0 Å². The van der Waals surface area contributed by atoms with Crippen molar-refractivity contribution >= 4 is 15.9 Å². The molecule has 0 radical (unpaired) electrons. The first-order chi connectivity index (χ1) is 8.09. The number of hydrogen-bond acceptors (Lipinski definition) is 2. The first-order valence-corrected chi connectivity index (χ1v) is 6.29. The van der Waals surface area contributed by atoms with Gasteiger partial charge < -0.3 is 5.11 Å². The summed E-state index contributed by atoms with van der Waals surface area (Å²) in [6, 6.07) is 7.94. The van der Waals surface area contributed by atoms with Gasteiger partial charge in [0.1, 0.15) is 0 Å². The topological polar surface area (TPSA) is 38.1 Å². The van der Waals surface area contributed by atoms with Crippen LogP contribution in [0.15, 0.2) is 34.9 Å². The van der Waals surface area contributed by atoms with Crippen LogP contribution in [0, 0.1) is 6.92 Å². The number of hydrogen-bond donors (Lipinski definition) is 1. The van der Waals surface area contributed by atoms with Gasteiger partial charge in [-0.25, -0.2) is 0 Å². The number of nitrogens with zero attached hydrogens (tertiary/aromatic N) is 2. The van der Waals surface area contributed by atoms with Crippen molar-refractivity contribution in [3.05, 3.63) is 51.8 Å². The van der Waals surface area contributed by atoms with E-state index in [2.05, 4.69) is 21.0 Å². The fraction of sp³-hybridized carbons (Fsp3) is 0.308. The standard InChI is InChI=1S/C13H15BrN2O/c1-9-11(8-15-16(9)2)13(17)7-10-5-3-4-6-12(10)14/h3-6,8,13,17H,7H2,1-2H3. The van der Waals surface area contributed by atoms with Crippen molar-refractivity contribution in [1.82, 2.24) is 9.78 Å². The summed E-state index contributed by atoms with van der Waals surface area (Å²) in [6.07, 6.45) is 1.81. The molecule has 0 spiro atoms. The van der Waals surface area contributed by atoms with Gasteiger partial charge in [-0.2, -0.15) is 5.10 Å². The van der Waals surface area contributed by atoms with Crippen LogP contribution in [0.25, 0.3) is 0 Å². The summed E-state index contributed by atoms with van der Waals surface area (Å²) in [5, 5.41) is 14.4.